The van der Waals surface area contributed by atoms with Gasteiger partial charge in [-0.2, -0.15) is 0 Å². The van der Waals surface area contributed by atoms with Crippen molar-refractivity contribution in [3.63, 3.8) is 0 Å². The van der Waals surface area contributed by atoms with E-state index in [1.807, 2.05) is 7.05 Å². The lowest BCUT2D eigenvalue weighted by Gasteiger charge is -2.42. The number of ether oxygens (including phenoxy) is 1. The van der Waals surface area contributed by atoms with Gasteiger partial charge in [0.15, 0.2) is 5.96 Å². The zero-order valence-corrected chi connectivity index (χ0v) is 18.4. The Kier molecular flexibility index (Phi) is 8.38. The number of hydrogen-bond donors (Lipinski definition) is 2. The average Bonchev–Trinajstić information content (AvgIpc) is 2.72. The van der Waals surface area contributed by atoms with Crippen LogP contribution in [0.15, 0.2) is 4.99 Å². The lowest BCUT2D eigenvalue weighted by Crippen LogP contribution is -2.56. The van der Waals surface area contributed by atoms with E-state index in [2.05, 4.69) is 44.4 Å². The van der Waals surface area contributed by atoms with E-state index in [1.165, 1.54) is 38.6 Å². The van der Waals surface area contributed by atoms with E-state index in [0.29, 0.717) is 11.5 Å². The molecule has 7 nitrogen and oxygen atoms in total. The first-order chi connectivity index (χ1) is 13.6. The van der Waals surface area contributed by atoms with E-state index in [4.69, 9.17) is 4.74 Å². The second-order valence-electron chi connectivity index (χ2n) is 9.15. The highest BCUT2D eigenvalue weighted by atomic mass is 16.5. The Balaban J connectivity index is 1.50. The van der Waals surface area contributed by atoms with Crippen molar-refractivity contribution in [3.8, 4) is 0 Å². The maximum absolute atomic E-state index is 5.55. The van der Waals surface area contributed by atoms with Gasteiger partial charge in [0.05, 0.1) is 13.2 Å². The number of guanidine groups is 1. The van der Waals surface area contributed by atoms with Gasteiger partial charge in [-0.05, 0) is 26.9 Å². The minimum absolute atomic E-state index is 0.370. The van der Waals surface area contributed by atoms with E-state index < -0.39 is 0 Å². The molecule has 0 aromatic heterocycles. The van der Waals surface area contributed by atoms with Gasteiger partial charge in [-0.15, -0.1) is 0 Å². The fraction of sp³-hybridized carbons (Fsp3) is 0.952. The summed E-state index contributed by atoms with van der Waals surface area (Å²) < 4.78 is 5.55. The smallest absolute Gasteiger partial charge is 0.191 e. The van der Waals surface area contributed by atoms with Crippen LogP contribution in [-0.4, -0.2) is 113 Å². The summed E-state index contributed by atoms with van der Waals surface area (Å²) in [6.07, 6.45) is 6.75. The third-order valence-electron chi connectivity index (χ3n) is 6.92. The van der Waals surface area contributed by atoms with Crippen molar-refractivity contribution < 1.29 is 4.74 Å². The van der Waals surface area contributed by atoms with Gasteiger partial charge in [0, 0.05) is 70.9 Å². The monoisotopic (exact) mass is 394 g/mol. The number of hydrogen-bond acceptors (Lipinski definition) is 5. The van der Waals surface area contributed by atoms with Gasteiger partial charge in [-0.1, -0.05) is 19.3 Å². The quantitative estimate of drug-likeness (QED) is 0.510. The highest BCUT2D eigenvalue weighted by molar-refractivity contribution is 5.79. The van der Waals surface area contributed by atoms with Crippen LogP contribution in [0.3, 0.4) is 0 Å². The van der Waals surface area contributed by atoms with Gasteiger partial charge in [-0.25, -0.2) is 0 Å². The summed E-state index contributed by atoms with van der Waals surface area (Å²) in [7, 11) is 6.34. The zero-order chi connectivity index (χ0) is 19.8. The Hall–Kier alpha value is -0.890. The number of rotatable bonds is 6. The molecule has 3 fully saturated rings. The summed E-state index contributed by atoms with van der Waals surface area (Å²) in [5, 5.41) is 7.27. The van der Waals surface area contributed by atoms with Gasteiger partial charge in [0.1, 0.15) is 0 Å². The van der Waals surface area contributed by atoms with E-state index in [-0.39, 0.29) is 0 Å². The summed E-state index contributed by atoms with van der Waals surface area (Å²) in [6, 6.07) is 0.536. The molecule has 0 amide bonds. The van der Waals surface area contributed by atoms with E-state index in [9.17, 15) is 0 Å². The van der Waals surface area contributed by atoms with Crippen LogP contribution in [0, 0.1) is 5.41 Å². The molecule has 0 spiro atoms. The summed E-state index contributed by atoms with van der Waals surface area (Å²) >= 11 is 0. The number of nitrogens with zero attached hydrogens (tertiary/aromatic N) is 4. The molecule has 0 aromatic carbocycles. The molecule has 1 atom stereocenters. The van der Waals surface area contributed by atoms with Crippen LogP contribution in [0.2, 0.25) is 0 Å². The maximum Gasteiger partial charge on any atom is 0.191 e. The van der Waals surface area contributed by atoms with Crippen molar-refractivity contribution in [1.29, 1.82) is 0 Å². The SMILES string of the molecule is CN=C(NCC1CN(C)CCN1C)NCC1(CN2CCOCC2)CCCCC1. The molecule has 2 saturated heterocycles. The third kappa shape index (κ3) is 6.31. The first kappa shape index (κ1) is 21.8. The summed E-state index contributed by atoms with van der Waals surface area (Å²) in [5.41, 5.74) is 0.370. The topological polar surface area (TPSA) is 55.4 Å². The van der Waals surface area contributed by atoms with Crippen LogP contribution in [-0.2, 0) is 4.74 Å². The van der Waals surface area contributed by atoms with Crippen LogP contribution < -0.4 is 10.6 Å². The zero-order valence-electron chi connectivity index (χ0n) is 18.4. The molecule has 1 saturated carbocycles. The number of piperazine rings is 1. The fourth-order valence-electron chi connectivity index (χ4n) is 4.95. The molecular weight excluding hydrogens is 352 g/mol. The molecule has 162 valence electrons. The Morgan fingerprint density at radius 2 is 1.79 bits per heavy atom. The molecule has 3 rings (SSSR count). The Labute approximate surface area is 171 Å². The highest BCUT2D eigenvalue weighted by Crippen LogP contribution is 2.36. The lowest BCUT2D eigenvalue weighted by atomic mass is 9.73. The number of aliphatic imine (C=N–C) groups is 1. The number of nitrogens with one attached hydrogen (secondary N) is 2. The van der Waals surface area contributed by atoms with E-state index >= 15 is 0 Å². The van der Waals surface area contributed by atoms with Gasteiger partial charge >= 0.3 is 0 Å². The van der Waals surface area contributed by atoms with Crippen LogP contribution in [0.1, 0.15) is 32.1 Å². The largest absolute Gasteiger partial charge is 0.379 e. The van der Waals surface area contributed by atoms with Crippen LogP contribution in [0.4, 0.5) is 0 Å². The van der Waals surface area contributed by atoms with Crippen LogP contribution >= 0.6 is 0 Å². The molecule has 28 heavy (non-hydrogen) atoms. The van der Waals surface area contributed by atoms with Gasteiger partial charge < -0.3 is 20.3 Å². The van der Waals surface area contributed by atoms with Crippen molar-refractivity contribution in [1.82, 2.24) is 25.3 Å². The molecule has 0 aromatic rings. The second-order valence-corrected chi connectivity index (χ2v) is 9.15. The standard InChI is InChI=1S/C21H42N6O/c1-22-20(23-15-19-16-25(2)9-10-26(19)3)24-17-21(7-5-4-6-8-21)18-27-11-13-28-14-12-27/h19H,4-18H2,1-3H3,(H2,22,23,24). The first-order valence-corrected chi connectivity index (χ1v) is 11.2. The summed E-state index contributed by atoms with van der Waals surface area (Å²) in [6.45, 7) is 10.5. The minimum atomic E-state index is 0.370. The minimum Gasteiger partial charge on any atom is -0.379 e. The molecule has 1 unspecified atom stereocenters. The molecule has 2 heterocycles. The number of morpholine rings is 1. The second kappa shape index (κ2) is 10.8. The fourth-order valence-corrected chi connectivity index (χ4v) is 4.95. The average molecular weight is 395 g/mol. The Bertz CT molecular complexity index is 487. The molecule has 1 aliphatic carbocycles. The molecule has 2 aliphatic heterocycles. The molecule has 7 heteroatoms. The van der Waals surface area contributed by atoms with Crippen LogP contribution in [0.5, 0.6) is 0 Å². The van der Waals surface area contributed by atoms with Crippen LogP contribution in [0.25, 0.3) is 0 Å². The Morgan fingerprint density at radius 1 is 1.04 bits per heavy atom. The predicted octanol–water partition coefficient (Wildman–Crippen LogP) is 0.680. The molecular formula is C21H42N6O. The van der Waals surface area contributed by atoms with Gasteiger partial charge in [0.25, 0.3) is 0 Å². The van der Waals surface area contributed by atoms with Gasteiger partial charge in [-0.3, -0.25) is 14.8 Å². The van der Waals surface area contributed by atoms with Crippen molar-refractivity contribution in [3.05, 3.63) is 0 Å². The van der Waals surface area contributed by atoms with E-state index in [1.54, 1.807) is 0 Å². The normalized spacial score (nSPS) is 28.2. The van der Waals surface area contributed by atoms with E-state index in [0.717, 1.165) is 65.0 Å². The van der Waals surface area contributed by atoms with Crippen molar-refractivity contribution in [2.75, 3.05) is 86.7 Å². The van der Waals surface area contributed by atoms with Gasteiger partial charge in [0.2, 0.25) is 0 Å². The first-order valence-electron chi connectivity index (χ1n) is 11.2. The highest BCUT2D eigenvalue weighted by Gasteiger charge is 2.34. The number of likely N-dealkylation sites (N-methyl/N-ethyl adjacent to an activating group) is 2. The molecule has 2 N–H and O–H groups in total. The third-order valence-corrected chi connectivity index (χ3v) is 6.92. The summed E-state index contributed by atoms with van der Waals surface area (Å²) in [4.78, 5) is 12.0. The lowest BCUT2D eigenvalue weighted by molar-refractivity contribution is 0.00819. The maximum atomic E-state index is 5.55. The van der Waals surface area contributed by atoms with Crippen molar-refractivity contribution in [2.45, 2.75) is 38.1 Å². The molecule has 3 aliphatic rings. The molecule has 0 bridgehead atoms. The molecule has 0 radical (unpaired) electrons. The Morgan fingerprint density at radius 3 is 2.50 bits per heavy atom. The van der Waals surface area contributed by atoms with Crippen molar-refractivity contribution in [2.24, 2.45) is 10.4 Å². The van der Waals surface area contributed by atoms with Crippen molar-refractivity contribution >= 4 is 5.96 Å². The summed E-state index contributed by atoms with van der Waals surface area (Å²) in [5.74, 6) is 0.952. The predicted molar refractivity (Wildman–Crippen MR) is 116 cm³/mol.